The molecule has 0 radical (unpaired) electrons. The van der Waals surface area contributed by atoms with Crippen LogP contribution in [0.2, 0.25) is 0 Å². The highest BCUT2D eigenvalue weighted by Crippen LogP contribution is 2.33. The molecular weight excluding hydrogens is 248 g/mol. The van der Waals surface area contributed by atoms with E-state index >= 15 is 0 Å². The number of para-hydroxylation sites is 1. The summed E-state index contributed by atoms with van der Waals surface area (Å²) in [6, 6.07) is 9.21. The zero-order chi connectivity index (χ0) is 14.5. The first-order valence-corrected chi connectivity index (χ1v) is 7.85. The van der Waals surface area contributed by atoms with Crippen LogP contribution in [0.25, 0.3) is 0 Å². The number of likely N-dealkylation sites (tertiary alicyclic amines) is 1. The van der Waals surface area contributed by atoms with Crippen LogP contribution in [0.1, 0.15) is 51.6 Å². The van der Waals surface area contributed by atoms with Crippen LogP contribution >= 0.6 is 0 Å². The van der Waals surface area contributed by atoms with E-state index in [4.69, 9.17) is 10.5 Å². The molecule has 2 N–H and O–H groups in total. The number of hydrogen-bond acceptors (Lipinski definition) is 3. The summed E-state index contributed by atoms with van der Waals surface area (Å²) in [5.41, 5.74) is 7.33. The Bertz CT molecular complexity index is 419. The largest absolute Gasteiger partial charge is 0.491 e. The standard InChI is InChI=1S/C17H28N2O/c1-13(2)20-17-10-5-4-9-15(17)16(12-18)19-11-7-6-8-14(19)3/h4-5,9-10,13-14,16H,6-8,11-12,18H2,1-3H3. The van der Waals surface area contributed by atoms with Gasteiger partial charge < -0.3 is 10.5 Å². The number of nitrogens with zero attached hydrogens (tertiary/aromatic N) is 1. The van der Waals surface area contributed by atoms with E-state index in [1.54, 1.807) is 0 Å². The molecule has 2 atom stereocenters. The van der Waals surface area contributed by atoms with Gasteiger partial charge in [-0.15, -0.1) is 0 Å². The molecule has 1 aliphatic heterocycles. The Balaban J connectivity index is 2.26. The van der Waals surface area contributed by atoms with Crippen molar-refractivity contribution >= 4 is 0 Å². The summed E-state index contributed by atoms with van der Waals surface area (Å²) in [7, 11) is 0. The SMILES string of the molecule is CC(C)Oc1ccccc1C(CN)N1CCCCC1C. The Morgan fingerprint density at radius 2 is 2.05 bits per heavy atom. The quantitative estimate of drug-likeness (QED) is 0.896. The molecule has 0 spiro atoms. The lowest BCUT2D eigenvalue weighted by atomic mass is 9.96. The van der Waals surface area contributed by atoms with E-state index in [2.05, 4.69) is 43.9 Å². The van der Waals surface area contributed by atoms with Crippen molar-refractivity contribution in [1.82, 2.24) is 4.90 Å². The normalized spacial score (nSPS) is 21.9. The van der Waals surface area contributed by atoms with E-state index < -0.39 is 0 Å². The zero-order valence-corrected chi connectivity index (χ0v) is 13.0. The smallest absolute Gasteiger partial charge is 0.124 e. The molecule has 112 valence electrons. The van der Waals surface area contributed by atoms with Crippen molar-refractivity contribution in [3.05, 3.63) is 29.8 Å². The van der Waals surface area contributed by atoms with Crippen molar-refractivity contribution in [3.8, 4) is 5.75 Å². The lowest BCUT2D eigenvalue weighted by Gasteiger charge is -2.40. The Morgan fingerprint density at radius 3 is 2.70 bits per heavy atom. The first-order valence-electron chi connectivity index (χ1n) is 7.85. The van der Waals surface area contributed by atoms with Crippen LogP contribution in [0.3, 0.4) is 0 Å². The van der Waals surface area contributed by atoms with Gasteiger partial charge in [-0.2, -0.15) is 0 Å². The molecule has 1 aliphatic rings. The zero-order valence-electron chi connectivity index (χ0n) is 13.0. The van der Waals surface area contributed by atoms with Crippen LogP contribution in [0, 0.1) is 0 Å². The number of nitrogens with two attached hydrogens (primary N) is 1. The molecule has 3 nitrogen and oxygen atoms in total. The second-order valence-corrected chi connectivity index (χ2v) is 6.04. The maximum absolute atomic E-state index is 6.10. The second-order valence-electron chi connectivity index (χ2n) is 6.04. The predicted octanol–water partition coefficient (Wildman–Crippen LogP) is 3.35. The van der Waals surface area contributed by atoms with E-state index in [1.807, 2.05) is 6.07 Å². The molecule has 2 unspecified atom stereocenters. The van der Waals surface area contributed by atoms with E-state index in [0.29, 0.717) is 12.6 Å². The van der Waals surface area contributed by atoms with Gasteiger partial charge in [-0.25, -0.2) is 0 Å². The minimum absolute atomic E-state index is 0.188. The maximum atomic E-state index is 6.10. The molecule has 20 heavy (non-hydrogen) atoms. The Labute approximate surface area is 123 Å². The van der Waals surface area contributed by atoms with E-state index in [1.165, 1.54) is 24.8 Å². The summed E-state index contributed by atoms with van der Waals surface area (Å²) in [6.45, 7) is 8.23. The highest BCUT2D eigenvalue weighted by molar-refractivity contribution is 5.36. The van der Waals surface area contributed by atoms with Gasteiger partial charge in [0.2, 0.25) is 0 Å². The fraction of sp³-hybridized carbons (Fsp3) is 0.647. The lowest BCUT2D eigenvalue weighted by Crippen LogP contribution is -2.43. The summed E-state index contributed by atoms with van der Waals surface area (Å²) >= 11 is 0. The third-order valence-electron chi connectivity index (χ3n) is 4.12. The molecule has 0 aromatic heterocycles. The Morgan fingerprint density at radius 1 is 1.30 bits per heavy atom. The predicted molar refractivity (Wildman–Crippen MR) is 84.0 cm³/mol. The monoisotopic (exact) mass is 276 g/mol. The minimum atomic E-state index is 0.188. The van der Waals surface area contributed by atoms with E-state index in [0.717, 1.165) is 12.3 Å². The number of benzene rings is 1. The molecule has 0 bridgehead atoms. The summed E-state index contributed by atoms with van der Waals surface area (Å²) in [4.78, 5) is 2.55. The Hall–Kier alpha value is -1.06. The first kappa shape index (κ1) is 15.3. The van der Waals surface area contributed by atoms with Gasteiger partial charge in [-0.1, -0.05) is 24.6 Å². The molecule has 0 saturated carbocycles. The van der Waals surface area contributed by atoms with Gasteiger partial charge in [-0.3, -0.25) is 4.90 Å². The number of ether oxygens (including phenoxy) is 1. The van der Waals surface area contributed by atoms with Crippen LogP contribution in [0.4, 0.5) is 0 Å². The third-order valence-corrected chi connectivity index (χ3v) is 4.12. The molecule has 0 amide bonds. The van der Waals surface area contributed by atoms with Gasteiger partial charge in [0.1, 0.15) is 5.75 Å². The van der Waals surface area contributed by atoms with Crippen LogP contribution in [0.15, 0.2) is 24.3 Å². The lowest BCUT2D eigenvalue weighted by molar-refractivity contribution is 0.105. The van der Waals surface area contributed by atoms with Gasteiger partial charge in [0.15, 0.2) is 0 Å². The average Bonchev–Trinajstić information content (AvgIpc) is 2.43. The number of piperidine rings is 1. The highest BCUT2D eigenvalue weighted by atomic mass is 16.5. The molecule has 0 aliphatic carbocycles. The fourth-order valence-corrected chi connectivity index (χ4v) is 3.14. The van der Waals surface area contributed by atoms with Gasteiger partial charge in [0, 0.05) is 18.2 Å². The molecular formula is C17H28N2O. The van der Waals surface area contributed by atoms with Crippen molar-refractivity contribution in [2.75, 3.05) is 13.1 Å². The topological polar surface area (TPSA) is 38.5 Å². The van der Waals surface area contributed by atoms with Gasteiger partial charge >= 0.3 is 0 Å². The third kappa shape index (κ3) is 3.53. The van der Waals surface area contributed by atoms with Crippen molar-refractivity contribution in [1.29, 1.82) is 0 Å². The van der Waals surface area contributed by atoms with Crippen LogP contribution in [0.5, 0.6) is 5.75 Å². The fourth-order valence-electron chi connectivity index (χ4n) is 3.14. The van der Waals surface area contributed by atoms with Crippen molar-refractivity contribution < 1.29 is 4.74 Å². The van der Waals surface area contributed by atoms with Crippen molar-refractivity contribution in [3.63, 3.8) is 0 Å². The summed E-state index contributed by atoms with van der Waals surface area (Å²) in [6.07, 6.45) is 4.06. The van der Waals surface area contributed by atoms with Crippen molar-refractivity contribution in [2.45, 2.75) is 58.2 Å². The minimum Gasteiger partial charge on any atom is -0.491 e. The number of hydrogen-bond donors (Lipinski definition) is 1. The molecule has 3 heteroatoms. The highest BCUT2D eigenvalue weighted by Gasteiger charge is 2.28. The second kappa shape index (κ2) is 7.09. The molecule has 1 saturated heterocycles. The Kier molecular flexibility index (Phi) is 5.44. The average molecular weight is 276 g/mol. The molecule has 1 heterocycles. The van der Waals surface area contributed by atoms with Crippen LogP contribution in [-0.2, 0) is 0 Å². The summed E-state index contributed by atoms with van der Waals surface area (Å²) < 4.78 is 5.97. The molecule has 2 rings (SSSR count). The van der Waals surface area contributed by atoms with Crippen molar-refractivity contribution in [2.24, 2.45) is 5.73 Å². The maximum Gasteiger partial charge on any atom is 0.124 e. The first-order chi connectivity index (χ1) is 9.63. The van der Waals surface area contributed by atoms with Gasteiger partial charge in [0.25, 0.3) is 0 Å². The molecule has 1 fully saturated rings. The molecule has 1 aromatic rings. The van der Waals surface area contributed by atoms with Crippen LogP contribution < -0.4 is 10.5 Å². The van der Waals surface area contributed by atoms with Crippen LogP contribution in [-0.4, -0.2) is 30.1 Å². The van der Waals surface area contributed by atoms with E-state index in [9.17, 15) is 0 Å². The van der Waals surface area contributed by atoms with Gasteiger partial charge in [0.05, 0.1) is 12.1 Å². The number of rotatable bonds is 5. The molecule has 1 aromatic carbocycles. The summed E-state index contributed by atoms with van der Waals surface area (Å²) in [5, 5.41) is 0. The summed E-state index contributed by atoms with van der Waals surface area (Å²) in [5.74, 6) is 0.982. The van der Waals surface area contributed by atoms with E-state index in [-0.39, 0.29) is 12.1 Å². The van der Waals surface area contributed by atoms with Gasteiger partial charge in [-0.05, 0) is 46.2 Å².